The van der Waals surface area contributed by atoms with Gasteiger partial charge in [0.15, 0.2) is 5.65 Å². The SMILES string of the molecule is CCNc1cn2ccnc2c(Sc2ccccn2)n1. The number of hydrogen-bond acceptors (Lipinski definition) is 5. The number of anilines is 1. The van der Waals surface area contributed by atoms with Crippen LogP contribution in [0.4, 0.5) is 5.82 Å². The van der Waals surface area contributed by atoms with Crippen molar-refractivity contribution in [3.8, 4) is 0 Å². The second-order valence-corrected chi connectivity index (χ2v) is 4.90. The Kier molecular flexibility index (Phi) is 3.33. The van der Waals surface area contributed by atoms with Gasteiger partial charge in [0.25, 0.3) is 0 Å². The molecule has 3 aromatic rings. The monoisotopic (exact) mass is 271 g/mol. The minimum Gasteiger partial charge on any atom is -0.369 e. The first-order chi connectivity index (χ1) is 9.36. The number of nitrogens with zero attached hydrogens (tertiary/aromatic N) is 4. The Labute approximate surface area is 115 Å². The molecule has 0 radical (unpaired) electrons. The van der Waals surface area contributed by atoms with E-state index in [2.05, 4.69) is 20.3 Å². The average Bonchev–Trinajstić information content (AvgIpc) is 2.89. The van der Waals surface area contributed by atoms with Crippen LogP contribution in [0.1, 0.15) is 6.92 Å². The number of nitrogens with one attached hydrogen (secondary N) is 1. The third kappa shape index (κ3) is 2.53. The predicted octanol–water partition coefficient (Wildman–Crippen LogP) is 2.71. The number of rotatable bonds is 4. The van der Waals surface area contributed by atoms with Crippen molar-refractivity contribution in [3.63, 3.8) is 0 Å². The molecule has 0 aliphatic rings. The van der Waals surface area contributed by atoms with E-state index in [9.17, 15) is 0 Å². The molecular formula is C13H13N5S. The zero-order valence-electron chi connectivity index (χ0n) is 10.4. The molecular weight excluding hydrogens is 258 g/mol. The summed E-state index contributed by atoms with van der Waals surface area (Å²) in [6, 6.07) is 5.83. The highest BCUT2D eigenvalue weighted by Crippen LogP contribution is 2.28. The minimum absolute atomic E-state index is 0.834. The van der Waals surface area contributed by atoms with Crippen LogP contribution in [-0.2, 0) is 0 Å². The summed E-state index contributed by atoms with van der Waals surface area (Å²) in [7, 11) is 0. The summed E-state index contributed by atoms with van der Waals surface area (Å²) in [5, 5.41) is 4.98. The smallest absolute Gasteiger partial charge is 0.170 e. The predicted molar refractivity (Wildman–Crippen MR) is 75.5 cm³/mol. The normalized spacial score (nSPS) is 10.8. The second-order valence-electron chi connectivity index (χ2n) is 3.89. The van der Waals surface area contributed by atoms with Gasteiger partial charge in [-0.05, 0) is 30.8 Å². The van der Waals surface area contributed by atoms with Gasteiger partial charge in [0.2, 0.25) is 0 Å². The molecule has 3 rings (SSSR count). The fourth-order valence-corrected chi connectivity index (χ4v) is 2.60. The van der Waals surface area contributed by atoms with Gasteiger partial charge in [-0.3, -0.25) is 0 Å². The van der Waals surface area contributed by atoms with Crippen LogP contribution in [0, 0.1) is 0 Å². The van der Waals surface area contributed by atoms with E-state index in [1.54, 1.807) is 12.4 Å². The fraction of sp³-hybridized carbons (Fsp3) is 0.154. The molecule has 19 heavy (non-hydrogen) atoms. The van der Waals surface area contributed by atoms with Crippen LogP contribution >= 0.6 is 11.8 Å². The van der Waals surface area contributed by atoms with Gasteiger partial charge < -0.3 is 9.72 Å². The van der Waals surface area contributed by atoms with Crippen LogP contribution < -0.4 is 5.32 Å². The molecule has 3 heterocycles. The minimum atomic E-state index is 0.834. The van der Waals surface area contributed by atoms with E-state index in [4.69, 9.17) is 0 Å². The van der Waals surface area contributed by atoms with Gasteiger partial charge >= 0.3 is 0 Å². The lowest BCUT2D eigenvalue weighted by molar-refractivity contribution is 1.01. The van der Waals surface area contributed by atoms with Crippen molar-refractivity contribution in [2.75, 3.05) is 11.9 Å². The quantitative estimate of drug-likeness (QED) is 0.790. The highest BCUT2D eigenvalue weighted by Gasteiger charge is 2.09. The van der Waals surface area contributed by atoms with Crippen LogP contribution in [0.25, 0.3) is 5.65 Å². The van der Waals surface area contributed by atoms with Crippen LogP contribution in [0.5, 0.6) is 0 Å². The summed E-state index contributed by atoms with van der Waals surface area (Å²) >= 11 is 1.52. The highest BCUT2D eigenvalue weighted by atomic mass is 32.2. The number of aromatic nitrogens is 4. The average molecular weight is 271 g/mol. The molecule has 6 heteroatoms. The van der Waals surface area contributed by atoms with Crippen molar-refractivity contribution >= 4 is 23.2 Å². The molecule has 1 N–H and O–H groups in total. The van der Waals surface area contributed by atoms with E-state index in [1.165, 1.54) is 11.8 Å². The zero-order chi connectivity index (χ0) is 13.1. The molecule has 0 atom stereocenters. The molecule has 3 aromatic heterocycles. The lowest BCUT2D eigenvalue weighted by Gasteiger charge is -2.07. The van der Waals surface area contributed by atoms with Gasteiger partial charge in [-0.1, -0.05) is 6.07 Å². The van der Waals surface area contributed by atoms with Gasteiger partial charge in [0, 0.05) is 25.1 Å². The Morgan fingerprint density at radius 2 is 2.21 bits per heavy atom. The van der Waals surface area contributed by atoms with Crippen molar-refractivity contribution in [1.29, 1.82) is 0 Å². The maximum absolute atomic E-state index is 4.59. The van der Waals surface area contributed by atoms with Crippen LogP contribution in [-0.4, -0.2) is 25.9 Å². The van der Waals surface area contributed by atoms with Crippen LogP contribution in [0.3, 0.4) is 0 Å². The lowest BCUT2D eigenvalue weighted by Crippen LogP contribution is -2.02. The topological polar surface area (TPSA) is 55.1 Å². The second kappa shape index (κ2) is 5.27. The van der Waals surface area contributed by atoms with Crippen molar-refractivity contribution in [2.45, 2.75) is 17.0 Å². The summed E-state index contributed by atoms with van der Waals surface area (Å²) in [5.41, 5.74) is 0.845. The van der Waals surface area contributed by atoms with Crippen molar-refractivity contribution in [1.82, 2.24) is 19.4 Å². The Balaban J connectivity index is 2.03. The Bertz CT molecular complexity index is 680. The summed E-state index contributed by atoms with van der Waals surface area (Å²) in [6.45, 7) is 2.88. The Hall–Kier alpha value is -2.08. The molecule has 5 nitrogen and oxygen atoms in total. The maximum atomic E-state index is 4.59. The van der Waals surface area contributed by atoms with Gasteiger partial charge in [-0.15, -0.1) is 0 Å². The third-order valence-electron chi connectivity index (χ3n) is 2.54. The molecule has 0 amide bonds. The molecule has 96 valence electrons. The third-order valence-corrected chi connectivity index (χ3v) is 3.46. The van der Waals surface area contributed by atoms with Gasteiger partial charge in [0.05, 0.1) is 6.20 Å². The van der Waals surface area contributed by atoms with Gasteiger partial charge in [-0.2, -0.15) is 0 Å². The first-order valence-corrected chi connectivity index (χ1v) is 6.85. The number of pyridine rings is 1. The molecule has 0 bridgehead atoms. The van der Waals surface area contributed by atoms with Crippen molar-refractivity contribution < 1.29 is 0 Å². The van der Waals surface area contributed by atoms with Crippen LogP contribution in [0.15, 0.2) is 53.0 Å². The largest absolute Gasteiger partial charge is 0.369 e. The molecule has 0 unspecified atom stereocenters. The Morgan fingerprint density at radius 1 is 1.26 bits per heavy atom. The van der Waals surface area contributed by atoms with E-state index in [1.807, 2.05) is 41.9 Å². The zero-order valence-corrected chi connectivity index (χ0v) is 11.3. The fourth-order valence-electron chi connectivity index (χ4n) is 1.74. The van der Waals surface area contributed by atoms with Crippen molar-refractivity contribution in [2.24, 2.45) is 0 Å². The summed E-state index contributed by atoms with van der Waals surface area (Å²) in [5.74, 6) is 0.839. The summed E-state index contributed by atoms with van der Waals surface area (Å²) in [4.78, 5) is 13.2. The van der Waals surface area contributed by atoms with Gasteiger partial charge in [0.1, 0.15) is 15.9 Å². The molecule has 0 saturated heterocycles. The highest BCUT2D eigenvalue weighted by molar-refractivity contribution is 7.99. The number of fused-ring (bicyclic) bond motifs is 1. The lowest BCUT2D eigenvalue weighted by atomic mass is 10.5. The maximum Gasteiger partial charge on any atom is 0.170 e. The summed E-state index contributed by atoms with van der Waals surface area (Å²) < 4.78 is 1.97. The molecule has 0 spiro atoms. The first-order valence-electron chi connectivity index (χ1n) is 6.03. The molecule has 0 aliphatic carbocycles. The van der Waals surface area contributed by atoms with E-state index in [-0.39, 0.29) is 0 Å². The van der Waals surface area contributed by atoms with Crippen LogP contribution in [0.2, 0.25) is 0 Å². The van der Waals surface area contributed by atoms with E-state index >= 15 is 0 Å². The number of imidazole rings is 1. The van der Waals surface area contributed by atoms with E-state index in [0.717, 1.165) is 28.1 Å². The van der Waals surface area contributed by atoms with Gasteiger partial charge in [-0.25, -0.2) is 15.0 Å². The Morgan fingerprint density at radius 3 is 3.00 bits per heavy atom. The first kappa shape index (κ1) is 12.0. The standard InChI is InChI=1S/C13H13N5S/c1-2-14-10-9-18-8-7-16-12(18)13(17-10)19-11-5-3-4-6-15-11/h3-9,14H,2H2,1H3. The molecule has 0 aliphatic heterocycles. The molecule has 0 fully saturated rings. The van der Waals surface area contributed by atoms with E-state index in [0.29, 0.717) is 0 Å². The summed E-state index contributed by atoms with van der Waals surface area (Å²) in [6.07, 6.45) is 7.41. The van der Waals surface area contributed by atoms with Crippen molar-refractivity contribution in [3.05, 3.63) is 43.0 Å². The molecule has 0 saturated carbocycles. The number of hydrogen-bond donors (Lipinski definition) is 1. The van der Waals surface area contributed by atoms with E-state index < -0.39 is 0 Å². The molecule has 0 aromatic carbocycles.